The molecule has 108 valence electrons. The molecule has 20 heavy (non-hydrogen) atoms. The molecular weight excluding hydrogens is 250 g/mol. The summed E-state index contributed by atoms with van der Waals surface area (Å²) in [5.74, 6) is 0. The Morgan fingerprint density at radius 3 is 2.50 bits per heavy atom. The number of rotatable bonds is 5. The standard InChI is InChI=1S/C16H23N3O/c1-4-7-18-8-9-19(16(18)20)11-15(17)14-6-5-12(2)13(3)10-14/h5-6,8-10,15H,4,7,11,17H2,1-3H3. The van der Waals surface area contributed by atoms with Crippen molar-refractivity contribution in [2.24, 2.45) is 5.73 Å². The second-order valence-electron chi connectivity index (χ2n) is 5.38. The van der Waals surface area contributed by atoms with Gasteiger partial charge in [0.05, 0.1) is 0 Å². The first-order valence-corrected chi connectivity index (χ1v) is 7.11. The van der Waals surface area contributed by atoms with Gasteiger partial charge >= 0.3 is 5.69 Å². The lowest BCUT2D eigenvalue weighted by atomic mass is 10.0. The highest BCUT2D eigenvalue weighted by atomic mass is 16.1. The van der Waals surface area contributed by atoms with Gasteiger partial charge in [-0.1, -0.05) is 25.1 Å². The third-order valence-corrected chi connectivity index (χ3v) is 3.73. The molecule has 0 bridgehead atoms. The highest BCUT2D eigenvalue weighted by molar-refractivity contribution is 5.31. The predicted octanol–water partition coefficient (Wildman–Crippen LogP) is 2.38. The van der Waals surface area contributed by atoms with Crippen LogP contribution in [0.3, 0.4) is 0 Å². The fourth-order valence-electron chi connectivity index (χ4n) is 2.32. The maximum Gasteiger partial charge on any atom is 0.328 e. The molecule has 0 aliphatic rings. The average molecular weight is 273 g/mol. The Balaban J connectivity index is 2.17. The molecule has 1 aromatic heterocycles. The Morgan fingerprint density at radius 2 is 1.85 bits per heavy atom. The van der Waals surface area contributed by atoms with Crippen LogP contribution in [0.15, 0.2) is 35.4 Å². The normalized spacial score (nSPS) is 12.6. The van der Waals surface area contributed by atoms with Crippen molar-refractivity contribution < 1.29 is 0 Å². The molecule has 1 unspecified atom stereocenters. The summed E-state index contributed by atoms with van der Waals surface area (Å²) in [4.78, 5) is 12.1. The molecule has 2 rings (SSSR count). The average Bonchev–Trinajstić information content (AvgIpc) is 2.75. The number of aryl methyl sites for hydroxylation is 3. The summed E-state index contributed by atoms with van der Waals surface area (Å²) in [6, 6.07) is 6.06. The van der Waals surface area contributed by atoms with Crippen LogP contribution in [0.1, 0.15) is 36.1 Å². The van der Waals surface area contributed by atoms with Gasteiger partial charge in [0.1, 0.15) is 0 Å². The smallest absolute Gasteiger partial charge is 0.322 e. The number of nitrogens with zero attached hydrogens (tertiary/aromatic N) is 2. The summed E-state index contributed by atoms with van der Waals surface area (Å²) < 4.78 is 3.42. The zero-order chi connectivity index (χ0) is 14.7. The minimum atomic E-state index is -0.163. The van der Waals surface area contributed by atoms with E-state index in [4.69, 9.17) is 5.73 Å². The second-order valence-corrected chi connectivity index (χ2v) is 5.38. The lowest BCUT2D eigenvalue weighted by Crippen LogP contribution is -2.28. The van der Waals surface area contributed by atoms with Crippen molar-refractivity contribution >= 4 is 0 Å². The van der Waals surface area contributed by atoms with Crippen LogP contribution in [0, 0.1) is 13.8 Å². The van der Waals surface area contributed by atoms with E-state index in [-0.39, 0.29) is 11.7 Å². The SMILES string of the molecule is CCCn1ccn(CC(N)c2ccc(C)c(C)c2)c1=O. The summed E-state index contributed by atoms with van der Waals surface area (Å²) >= 11 is 0. The molecule has 0 fully saturated rings. The van der Waals surface area contributed by atoms with Crippen molar-refractivity contribution in [3.8, 4) is 0 Å². The van der Waals surface area contributed by atoms with Gasteiger partial charge in [-0.3, -0.25) is 9.13 Å². The van der Waals surface area contributed by atoms with Gasteiger partial charge in [-0.25, -0.2) is 4.79 Å². The Hall–Kier alpha value is -1.81. The zero-order valence-electron chi connectivity index (χ0n) is 12.5. The number of imidazole rings is 1. The fraction of sp³-hybridized carbons (Fsp3) is 0.438. The van der Waals surface area contributed by atoms with E-state index in [1.807, 2.05) is 18.5 Å². The molecular formula is C16H23N3O. The van der Waals surface area contributed by atoms with Crippen LogP contribution in [0.4, 0.5) is 0 Å². The molecule has 1 aromatic carbocycles. The topological polar surface area (TPSA) is 52.9 Å². The first-order chi connectivity index (χ1) is 9.52. The van der Waals surface area contributed by atoms with Gasteiger partial charge in [0.2, 0.25) is 0 Å². The van der Waals surface area contributed by atoms with Crippen LogP contribution >= 0.6 is 0 Å². The van der Waals surface area contributed by atoms with Crippen molar-refractivity contribution in [1.29, 1.82) is 0 Å². The van der Waals surface area contributed by atoms with Crippen LogP contribution < -0.4 is 11.4 Å². The van der Waals surface area contributed by atoms with Crippen molar-refractivity contribution in [3.05, 3.63) is 57.8 Å². The summed E-state index contributed by atoms with van der Waals surface area (Å²) in [7, 11) is 0. The molecule has 1 atom stereocenters. The van der Waals surface area contributed by atoms with Crippen molar-refractivity contribution in [2.45, 2.75) is 46.3 Å². The first kappa shape index (κ1) is 14.6. The molecule has 2 aromatic rings. The molecule has 4 nitrogen and oxygen atoms in total. The maximum atomic E-state index is 12.1. The molecule has 0 radical (unpaired) electrons. The highest BCUT2D eigenvalue weighted by Gasteiger charge is 2.10. The molecule has 0 amide bonds. The quantitative estimate of drug-likeness (QED) is 0.909. The molecule has 1 heterocycles. The van der Waals surface area contributed by atoms with Crippen LogP contribution in [-0.4, -0.2) is 9.13 Å². The van der Waals surface area contributed by atoms with Crippen molar-refractivity contribution in [2.75, 3.05) is 0 Å². The minimum absolute atomic E-state index is 0.0196. The van der Waals surface area contributed by atoms with Gasteiger partial charge in [0, 0.05) is 31.5 Å². The molecule has 4 heteroatoms. The number of hydrogen-bond acceptors (Lipinski definition) is 2. The summed E-state index contributed by atoms with van der Waals surface area (Å²) in [5.41, 5.74) is 9.81. The van der Waals surface area contributed by atoms with E-state index in [1.165, 1.54) is 11.1 Å². The van der Waals surface area contributed by atoms with Gasteiger partial charge in [0.25, 0.3) is 0 Å². The summed E-state index contributed by atoms with van der Waals surface area (Å²) in [5, 5.41) is 0. The number of hydrogen-bond donors (Lipinski definition) is 1. The largest absolute Gasteiger partial charge is 0.328 e. The van der Waals surface area contributed by atoms with E-state index in [0.29, 0.717) is 6.54 Å². The monoisotopic (exact) mass is 273 g/mol. The van der Waals surface area contributed by atoms with Gasteiger partial charge in [0.15, 0.2) is 0 Å². The maximum absolute atomic E-state index is 12.1. The third-order valence-electron chi connectivity index (χ3n) is 3.73. The predicted molar refractivity (Wildman–Crippen MR) is 81.8 cm³/mol. The lowest BCUT2D eigenvalue weighted by molar-refractivity contribution is 0.541. The Morgan fingerprint density at radius 1 is 1.15 bits per heavy atom. The van der Waals surface area contributed by atoms with Crippen LogP contribution in [0.5, 0.6) is 0 Å². The Bertz CT molecular complexity index is 639. The van der Waals surface area contributed by atoms with E-state index in [9.17, 15) is 4.79 Å². The molecule has 0 aliphatic carbocycles. The van der Waals surface area contributed by atoms with Crippen molar-refractivity contribution in [1.82, 2.24) is 9.13 Å². The van der Waals surface area contributed by atoms with Crippen LogP contribution in [-0.2, 0) is 13.1 Å². The van der Waals surface area contributed by atoms with E-state index in [0.717, 1.165) is 18.5 Å². The molecule has 0 spiro atoms. The summed E-state index contributed by atoms with van der Waals surface area (Å²) in [6.07, 6.45) is 4.60. The van der Waals surface area contributed by atoms with E-state index >= 15 is 0 Å². The Kier molecular flexibility index (Phi) is 4.45. The zero-order valence-corrected chi connectivity index (χ0v) is 12.5. The van der Waals surface area contributed by atoms with Gasteiger partial charge in [-0.15, -0.1) is 0 Å². The van der Waals surface area contributed by atoms with Crippen LogP contribution in [0.25, 0.3) is 0 Å². The highest BCUT2D eigenvalue weighted by Crippen LogP contribution is 2.16. The van der Waals surface area contributed by atoms with E-state index < -0.39 is 0 Å². The minimum Gasteiger partial charge on any atom is -0.322 e. The molecule has 2 N–H and O–H groups in total. The molecule has 0 saturated heterocycles. The summed E-state index contributed by atoms with van der Waals surface area (Å²) in [6.45, 7) is 7.49. The number of aromatic nitrogens is 2. The van der Waals surface area contributed by atoms with E-state index in [2.05, 4.69) is 32.9 Å². The second kappa shape index (κ2) is 6.09. The van der Waals surface area contributed by atoms with Gasteiger partial charge in [-0.2, -0.15) is 0 Å². The Labute approximate surface area is 119 Å². The van der Waals surface area contributed by atoms with Crippen LogP contribution in [0.2, 0.25) is 0 Å². The van der Waals surface area contributed by atoms with Gasteiger partial charge in [-0.05, 0) is 37.0 Å². The number of nitrogens with two attached hydrogens (primary N) is 1. The third kappa shape index (κ3) is 3.02. The first-order valence-electron chi connectivity index (χ1n) is 7.11. The molecule has 0 saturated carbocycles. The molecule has 0 aliphatic heterocycles. The van der Waals surface area contributed by atoms with E-state index in [1.54, 1.807) is 9.13 Å². The van der Waals surface area contributed by atoms with Gasteiger partial charge < -0.3 is 5.73 Å². The van der Waals surface area contributed by atoms with Crippen molar-refractivity contribution in [3.63, 3.8) is 0 Å². The lowest BCUT2D eigenvalue weighted by Gasteiger charge is -2.14. The fourth-order valence-corrected chi connectivity index (χ4v) is 2.32. The number of benzene rings is 1.